The van der Waals surface area contributed by atoms with Crippen LogP contribution in [0.25, 0.3) is 0 Å². The first-order valence-electron chi connectivity index (χ1n) is 10.5. The molecule has 0 bridgehead atoms. The van der Waals surface area contributed by atoms with Crippen LogP contribution in [-0.4, -0.2) is 54.6 Å². The predicted octanol–water partition coefficient (Wildman–Crippen LogP) is 3.84. The average molecular weight is 382 g/mol. The molecule has 4 rings (SSSR count). The molecule has 1 aromatic carbocycles. The van der Waals surface area contributed by atoms with E-state index >= 15 is 0 Å². The van der Waals surface area contributed by atoms with Crippen LogP contribution in [0.5, 0.6) is 5.75 Å². The Kier molecular flexibility index (Phi) is 5.44. The topological polar surface area (TPSA) is 37.7 Å². The summed E-state index contributed by atoms with van der Waals surface area (Å²) in [5, 5.41) is 0. The first-order valence-corrected chi connectivity index (χ1v) is 10.5. The molecule has 2 fully saturated rings. The van der Waals surface area contributed by atoms with Crippen LogP contribution in [0, 0.1) is 13.8 Å². The maximum Gasteiger partial charge on any atom is 0.178 e. The van der Waals surface area contributed by atoms with E-state index in [0.29, 0.717) is 19.2 Å². The number of hydrogen-bond acceptors (Lipinski definition) is 4. The zero-order valence-corrected chi connectivity index (χ0v) is 17.3. The molecule has 5 nitrogen and oxygen atoms in total. The quantitative estimate of drug-likeness (QED) is 0.683. The van der Waals surface area contributed by atoms with Crippen molar-refractivity contribution in [1.82, 2.24) is 9.47 Å². The molecule has 1 aliphatic carbocycles. The van der Waals surface area contributed by atoms with Gasteiger partial charge in [0, 0.05) is 49.2 Å². The lowest BCUT2D eigenvalue weighted by atomic mass is 10.1. The molecule has 2 aromatic rings. The number of Topliss-reactive ketones (excluding diaryl/α,β-unsaturated/α-hetero) is 1. The Morgan fingerprint density at radius 1 is 1.11 bits per heavy atom. The summed E-state index contributed by atoms with van der Waals surface area (Å²) in [5.74, 6) is 1.20. The van der Waals surface area contributed by atoms with E-state index in [1.165, 1.54) is 18.5 Å². The molecule has 0 amide bonds. The van der Waals surface area contributed by atoms with Crippen molar-refractivity contribution in [2.24, 2.45) is 0 Å². The third kappa shape index (κ3) is 3.81. The first kappa shape index (κ1) is 19.1. The molecule has 0 atom stereocenters. The highest BCUT2D eigenvalue weighted by Gasteiger charge is 2.29. The largest absolute Gasteiger partial charge is 0.492 e. The van der Waals surface area contributed by atoms with Crippen molar-refractivity contribution in [3.8, 4) is 5.75 Å². The second kappa shape index (κ2) is 8.00. The lowest BCUT2D eigenvalue weighted by Crippen LogP contribution is -2.48. The van der Waals surface area contributed by atoms with Gasteiger partial charge in [0.05, 0.1) is 18.8 Å². The summed E-state index contributed by atoms with van der Waals surface area (Å²) >= 11 is 0. The standard InChI is InChI=1S/C23H31N3O2/c1-4-28-23-8-6-5-7-21(23)25-13-11-24(12-14-25)16-22(27)20-15-17(2)26(18(20)3)19-9-10-19/h5-8,15,19H,4,9-14,16H2,1-3H3. The van der Waals surface area contributed by atoms with E-state index in [-0.39, 0.29) is 5.78 Å². The van der Waals surface area contributed by atoms with Crippen LogP contribution in [0.4, 0.5) is 5.69 Å². The number of aryl methyl sites for hydroxylation is 1. The highest BCUT2D eigenvalue weighted by Crippen LogP contribution is 2.38. The molecule has 1 aromatic heterocycles. The first-order chi connectivity index (χ1) is 13.6. The fraction of sp³-hybridized carbons (Fsp3) is 0.522. The monoisotopic (exact) mass is 381 g/mol. The smallest absolute Gasteiger partial charge is 0.178 e. The minimum absolute atomic E-state index is 0.253. The van der Waals surface area contributed by atoms with Crippen LogP contribution < -0.4 is 9.64 Å². The molecule has 2 heterocycles. The molecular formula is C23H31N3O2. The SMILES string of the molecule is CCOc1ccccc1N1CCN(CC(=O)c2cc(C)n(C3CC3)c2C)CC1. The van der Waals surface area contributed by atoms with Crippen molar-refractivity contribution in [3.05, 3.63) is 47.3 Å². The molecule has 1 aliphatic heterocycles. The van der Waals surface area contributed by atoms with Crippen LogP contribution in [0.3, 0.4) is 0 Å². The lowest BCUT2D eigenvalue weighted by molar-refractivity contribution is 0.0925. The molecule has 0 spiro atoms. The van der Waals surface area contributed by atoms with Gasteiger partial charge in [-0.25, -0.2) is 0 Å². The van der Waals surface area contributed by atoms with E-state index in [1.54, 1.807) is 0 Å². The number of benzene rings is 1. The van der Waals surface area contributed by atoms with Crippen molar-refractivity contribution in [1.29, 1.82) is 0 Å². The Morgan fingerprint density at radius 2 is 1.82 bits per heavy atom. The summed E-state index contributed by atoms with van der Waals surface area (Å²) in [5.41, 5.74) is 4.44. The number of carbonyl (C=O) groups is 1. The maximum absolute atomic E-state index is 12.9. The van der Waals surface area contributed by atoms with Crippen LogP contribution >= 0.6 is 0 Å². The Labute approximate surface area is 167 Å². The Bertz CT molecular complexity index is 846. The van der Waals surface area contributed by atoms with Crippen molar-refractivity contribution in [2.75, 3.05) is 44.2 Å². The summed E-state index contributed by atoms with van der Waals surface area (Å²) in [6.45, 7) is 11.0. The maximum atomic E-state index is 12.9. The van der Waals surface area contributed by atoms with Gasteiger partial charge < -0.3 is 14.2 Å². The number of aromatic nitrogens is 1. The third-order valence-electron chi connectivity index (χ3n) is 5.94. The number of anilines is 1. The van der Waals surface area contributed by atoms with Crippen molar-refractivity contribution in [3.63, 3.8) is 0 Å². The Morgan fingerprint density at radius 3 is 2.50 bits per heavy atom. The lowest BCUT2D eigenvalue weighted by Gasteiger charge is -2.36. The Hall–Kier alpha value is -2.27. The second-order valence-electron chi connectivity index (χ2n) is 7.97. The highest BCUT2D eigenvalue weighted by molar-refractivity contribution is 5.99. The predicted molar refractivity (Wildman–Crippen MR) is 113 cm³/mol. The summed E-state index contributed by atoms with van der Waals surface area (Å²) < 4.78 is 8.14. The van der Waals surface area contributed by atoms with Crippen molar-refractivity contribution in [2.45, 2.75) is 39.7 Å². The molecule has 0 N–H and O–H groups in total. The van der Waals surface area contributed by atoms with Gasteiger partial charge in [0.15, 0.2) is 5.78 Å². The van der Waals surface area contributed by atoms with Crippen LogP contribution in [0.15, 0.2) is 30.3 Å². The molecular weight excluding hydrogens is 350 g/mol. The highest BCUT2D eigenvalue weighted by atomic mass is 16.5. The van der Waals surface area contributed by atoms with Gasteiger partial charge in [0.2, 0.25) is 0 Å². The fourth-order valence-corrected chi connectivity index (χ4v) is 4.39. The molecule has 1 saturated carbocycles. The molecule has 0 radical (unpaired) electrons. The van der Waals surface area contributed by atoms with Crippen LogP contribution in [-0.2, 0) is 0 Å². The number of ketones is 1. The minimum Gasteiger partial charge on any atom is -0.492 e. The van der Waals surface area contributed by atoms with Crippen molar-refractivity contribution < 1.29 is 9.53 Å². The number of hydrogen-bond donors (Lipinski definition) is 0. The van der Waals surface area contributed by atoms with Gasteiger partial charge in [-0.1, -0.05) is 12.1 Å². The van der Waals surface area contributed by atoms with Gasteiger partial charge in [0.1, 0.15) is 5.75 Å². The van der Waals surface area contributed by atoms with E-state index in [1.807, 2.05) is 19.1 Å². The van der Waals surface area contributed by atoms with Crippen LogP contribution in [0.1, 0.15) is 47.6 Å². The average Bonchev–Trinajstić information content (AvgIpc) is 3.48. The van der Waals surface area contributed by atoms with Crippen molar-refractivity contribution >= 4 is 11.5 Å². The Balaban J connectivity index is 1.37. The number of piperazine rings is 1. The number of para-hydroxylation sites is 2. The zero-order chi connectivity index (χ0) is 19.7. The van der Waals surface area contributed by atoms with E-state index in [4.69, 9.17) is 4.74 Å². The van der Waals surface area contributed by atoms with Gasteiger partial charge in [-0.05, 0) is 51.8 Å². The molecule has 5 heteroatoms. The minimum atomic E-state index is 0.253. The van der Waals surface area contributed by atoms with E-state index in [9.17, 15) is 4.79 Å². The number of nitrogens with zero attached hydrogens (tertiary/aromatic N) is 3. The van der Waals surface area contributed by atoms with Gasteiger partial charge in [0.25, 0.3) is 0 Å². The molecule has 0 unspecified atom stereocenters. The molecule has 1 saturated heterocycles. The molecule has 150 valence electrons. The number of ether oxygens (including phenoxy) is 1. The summed E-state index contributed by atoms with van der Waals surface area (Å²) in [6, 6.07) is 10.9. The summed E-state index contributed by atoms with van der Waals surface area (Å²) in [7, 11) is 0. The second-order valence-corrected chi connectivity index (χ2v) is 7.97. The molecule has 2 aliphatic rings. The van der Waals surface area contributed by atoms with Gasteiger partial charge >= 0.3 is 0 Å². The zero-order valence-electron chi connectivity index (χ0n) is 17.3. The summed E-state index contributed by atoms with van der Waals surface area (Å²) in [4.78, 5) is 17.6. The van der Waals surface area contributed by atoms with E-state index in [2.05, 4.69) is 46.4 Å². The number of rotatable bonds is 7. The van der Waals surface area contributed by atoms with Gasteiger partial charge in [-0.2, -0.15) is 0 Å². The van der Waals surface area contributed by atoms with E-state index < -0.39 is 0 Å². The van der Waals surface area contributed by atoms with Gasteiger partial charge in [-0.15, -0.1) is 0 Å². The van der Waals surface area contributed by atoms with Gasteiger partial charge in [-0.3, -0.25) is 9.69 Å². The molecule has 28 heavy (non-hydrogen) atoms. The van der Waals surface area contributed by atoms with E-state index in [0.717, 1.165) is 48.9 Å². The third-order valence-corrected chi connectivity index (χ3v) is 5.94. The fourth-order valence-electron chi connectivity index (χ4n) is 4.39. The normalized spacial score (nSPS) is 17.8. The van der Waals surface area contributed by atoms with Crippen LogP contribution in [0.2, 0.25) is 0 Å². The summed E-state index contributed by atoms with van der Waals surface area (Å²) in [6.07, 6.45) is 2.49. The number of carbonyl (C=O) groups excluding carboxylic acids is 1.